The lowest BCUT2D eigenvalue weighted by Crippen LogP contribution is -2.49. The van der Waals surface area contributed by atoms with Crippen LogP contribution in [0.15, 0.2) is 0 Å². The molecule has 0 aromatic heterocycles. The molecule has 16 heavy (non-hydrogen) atoms. The monoisotopic (exact) mass is 250 g/mol. The van der Waals surface area contributed by atoms with Crippen LogP contribution in [0.1, 0.15) is 26.7 Å². The van der Waals surface area contributed by atoms with Gasteiger partial charge in [-0.1, -0.05) is 0 Å². The Balaban J connectivity index is 0.00000225. The predicted molar refractivity (Wildman–Crippen MR) is 67.0 cm³/mol. The Hall–Kier alpha value is -0.320. The van der Waals surface area contributed by atoms with Crippen molar-refractivity contribution in [2.24, 2.45) is 0 Å². The van der Waals surface area contributed by atoms with E-state index in [4.69, 9.17) is 4.74 Å². The van der Waals surface area contributed by atoms with Gasteiger partial charge in [0, 0.05) is 25.7 Å². The maximum absolute atomic E-state index is 11.9. The van der Waals surface area contributed by atoms with Gasteiger partial charge in [0.05, 0.1) is 0 Å². The van der Waals surface area contributed by atoms with E-state index in [2.05, 4.69) is 5.32 Å². The van der Waals surface area contributed by atoms with Crippen LogP contribution in [0.25, 0.3) is 0 Å². The molecule has 1 N–H and O–H groups in total. The van der Waals surface area contributed by atoms with Gasteiger partial charge < -0.3 is 15.0 Å². The third-order valence-corrected chi connectivity index (χ3v) is 2.91. The zero-order valence-electron chi connectivity index (χ0n) is 10.4. The van der Waals surface area contributed by atoms with Crippen LogP contribution in [0, 0.1) is 0 Å². The minimum Gasteiger partial charge on any atom is -0.369 e. The third-order valence-electron chi connectivity index (χ3n) is 2.91. The van der Waals surface area contributed by atoms with Crippen LogP contribution >= 0.6 is 12.4 Å². The van der Waals surface area contributed by atoms with Crippen molar-refractivity contribution in [1.82, 2.24) is 10.2 Å². The van der Waals surface area contributed by atoms with Gasteiger partial charge in [-0.25, -0.2) is 0 Å². The Morgan fingerprint density at radius 2 is 2.31 bits per heavy atom. The summed E-state index contributed by atoms with van der Waals surface area (Å²) in [7, 11) is 1.95. The van der Waals surface area contributed by atoms with Gasteiger partial charge in [0.1, 0.15) is 6.10 Å². The Morgan fingerprint density at radius 3 is 2.88 bits per heavy atom. The molecule has 1 aliphatic rings. The van der Waals surface area contributed by atoms with Crippen LogP contribution in [0.3, 0.4) is 0 Å². The van der Waals surface area contributed by atoms with E-state index in [1.165, 1.54) is 0 Å². The number of likely N-dealkylation sites (N-methyl/N-ethyl adjacent to an activating group) is 1. The molecule has 2 unspecified atom stereocenters. The Kier molecular flexibility index (Phi) is 7.72. The zero-order chi connectivity index (χ0) is 11.3. The Bertz CT molecular complexity index is 214. The molecule has 1 fully saturated rings. The minimum absolute atomic E-state index is 0. The standard InChI is InChI=1S/C11H22N2O2.ClH/c1-4-15-9(2)11(14)13-7-5-6-10(8-13)12-3;/h9-10,12H,4-8H2,1-3H3;1H. The van der Waals surface area contributed by atoms with Crippen molar-refractivity contribution >= 4 is 18.3 Å². The Morgan fingerprint density at radius 1 is 1.62 bits per heavy atom. The fourth-order valence-corrected chi connectivity index (χ4v) is 1.99. The van der Waals surface area contributed by atoms with Crippen molar-refractivity contribution in [1.29, 1.82) is 0 Å². The molecule has 1 rings (SSSR count). The smallest absolute Gasteiger partial charge is 0.251 e. The van der Waals surface area contributed by atoms with Gasteiger partial charge >= 0.3 is 0 Å². The summed E-state index contributed by atoms with van der Waals surface area (Å²) in [4.78, 5) is 13.8. The number of hydrogen-bond donors (Lipinski definition) is 1. The molecule has 1 aliphatic heterocycles. The van der Waals surface area contributed by atoms with E-state index in [1.807, 2.05) is 25.8 Å². The number of rotatable bonds is 4. The van der Waals surface area contributed by atoms with Crippen molar-refractivity contribution in [3.8, 4) is 0 Å². The van der Waals surface area contributed by atoms with E-state index in [-0.39, 0.29) is 24.4 Å². The highest BCUT2D eigenvalue weighted by atomic mass is 35.5. The summed E-state index contributed by atoms with van der Waals surface area (Å²) in [6.45, 7) is 6.02. The fraction of sp³-hybridized carbons (Fsp3) is 0.909. The average molecular weight is 251 g/mol. The minimum atomic E-state index is -0.300. The lowest BCUT2D eigenvalue weighted by molar-refractivity contribution is -0.143. The van der Waals surface area contributed by atoms with E-state index in [0.29, 0.717) is 12.6 Å². The lowest BCUT2D eigenvalue weighted by Gasteiger charge is -2.34. The number of halogens is 1. The highest BCUT2D eigenvalue weighted by Gasteiger charge is 2.25. The summed E-state index contributed by atoms with van der Waals surface area (Å²) in [6, 6.07) is 0.441. The highest BCUT2D eigenvalue weighted by Crippen LogP contribution is 2.11. The first-order valence-corrected chi connectivity index (χ1v) is 5.76. The van der Waals surface area contributed by atoms with Crippen LogP contribution in [-0.2, 0) is 9.53 Å². The van der Waals surface area contributed by atoms with E-state index >= 15 is 0 Å². The van der Waals surface area contributed by atoms with Gasteiger partial charge in [0.2, 0.25) is 0 Å². The molecule has 1 heterocycles. The first-order valence-electron chi connectivity index (χ1n) is 5.76. The van der Waals surface area contributed by atoms with Crippen LogP contribution in [0.4, 0.5) is 0 Å². The number of hydrogen-bond acceptors (Lipinski definition) is 3. The molecule has 2 atom stereocenters. The van der Waals surface area contributed by atoms with Crippen LogP contribution < -0.4 is 5.32 Å². The maximum Gasteiger partial charge on any atom is 0.251 e. The molecule has 5 heteroatoms. The van der Waals surface area contributed by atoms with Gasteiger partial charge in [0.15, 0.2) is 0 Å². The molecule has 0 saturated carbocycles. The summed E-state index contributed by atoms with van der Waals surface area (Å²) >= 11 is 0. The quantitative estimate of drug-likeness (QED) is 0.811. The average Bonchev–Trinajstić information content (AvgIpc) is 2.28. The van der Waals surface area contributed by atoms with Crippen LogP contribution in [0.5, 0.6) is 0 Å². The second-order valence-corrected chi connectivity index (χ2v) is 4.01. The highest BCUT2D eigenvalue weighted by molar-refractivity contribution is 5.85. The Labute approximate surface area is 104 Å². The van der Waals surface area contributed by atoms with Crippen molar-refractivity contribution in [2.75, 3.05) is 26.7 Å². The second-order valence-electron chi connectivity index (χ2n) is 4.01. The molecule has 0 aromatic carbocycles. The third kappa shape index (κ3) is 4.28. The van der Waals surface area contributed by atoms with E-state index in [0.717, 1.165) is 25.9 Å². The number of ether oxygens (including phenoxy) is 1. The summed E-state index contributed by atoms with van der Waals surface area (Å²) in [6.07, 6.45) is 1.94. The van der Waals surface area contributed by atoms with Gasteiger partial charge in [0.25, 0.3) is 5.91 Å². The molecular formula is C11H23ClN2O2. The van der Waals surface area contributed by atoms with Crippen molar-refractivity contribution < 1.29 is 9.53 Å². The van der Waals surface area contributed by atoms with E-state index in [1.54, 1.807) is 0 Å². The van der Waals surface area contributed by atoms with E-state index in [9.17, 15) is 4.79 Å². The maximum atomic E-state index is 11.9. The zero-order valence-corrected chi connectivity index (χ0v) is 11.2. The summed E-state index contributed by atoms with van der Waals surface area (Å²) in [5, 5.41) is 3.22. The largest absolute Gasteiger partial charge is 0.369 e. The normalized spacial score (nSPS) is 22.4. The SMILES string of the molecule is CCOC(C)C(=O)N1CCCC(NC)C1.Cl. The first kappa shape index (κ1) is 15.7. The lowest BCUT2D eigenvalue weighted by atomic mass is 10.1. The van der Waals surface area contributed by atoms with Gasteiger partial charge in [-0.15, -0.1) is 12.4 Å². The number of carbonyl (C=O) groups excluding carboxylic acids is 1. The molecule has 1 amide bonds. The molecule has 96 valence electrons. The number of nitrogens with one attached hydrogen (secondary N) is 1. The number of nitrogens with zero attached hydrogens (tertiary/aromatic N) is 1. The van der Waals surface area contributed by atoms with Crippen LogP contribution in [-0.4, -0.2) is 49.7 Å². The molecule has 0 spiro atoms. The first-order chi connectivity index (χ1) is 7.19. The molecule has 1 saturated heterocycles. The molecule has 0 bridgehead atoms. The fourth-order valence-electron chi connectivity index (χ4n) is 1.99. The topological polar surface area (TPSA) is 41.6 Å². The molecule has 4 nitrogen and oxygen atoms in total. The number of carbonyl (C=O) groups is 1. The number of amides is 1. The molecule has 0 aromatic rings. The van der Waals surface area contributed by atoms with E-state index < -0.39 is 0 Å². The molecule has 0 radical (unpaired) electrons. The van der Waals surface area contributed by atoms with Crippen molar-refractivity contribution in [2.45, 2.75) is 38.8 Å². The summed E-state index contributed by atoms with van der Waals surface area (Å²) in [5.41, 5.74) is 0. The van der Waals surface area contributed by atoms with Crippen LogP contribution in [0.2, 0.25) is 0 Å². The molecule has 0 aliphatic carbocycles. The number of likely N-dealkylation sites (tertiary alicyclic amines) is 1. The van der Waals surface area contributed by atoms with Crippen molar-refractivity contribution in [3.63, 3.8) is 0 Å². The second kappa shape index (κ2) is 7.87. The number of piperidine rings is 1. The van der Waals surface area contributed by atoms with Gasteiger partial charge in [-0.2, -0.15) is 0 Å². The predicted octanol–water partition coefficient (Wildman–Crippen LogP) is 1.04. The van der Waals surface area contributed by atoms with Crippen molar-refractivity contribution in [3.05, 3.63) is 0 Å². The van der Waals surface area contributed by atoms with Gasteiger partial charge in [-0.05, 0) is 33.7 Å². The summed E-state index contributed by atoms with van der Waals surface area (Å²) < 4.78 is 5.31. The summed E-state index contributed by atoms with van der Waals surface area (Å²) in [5.74, 6) is 0.122. The molecular weight excluding hydrogens is 228 g/mol. The van der Waals surface area contributed by atoms with Gasteiger partial charge in [-0.3, -0.25) is 4.79 Å².